The first-order valence-electron chi connectivity index (χ1n) is 6.89. The van der Waals surface area contributed by atoms with E-state index in [0.717, 1.165) is 23.5 Å². The summed E-state index contributed by atoms with van der Waals surface area (Å²) in [4.78, 5) is 14.1. The molecule has 2 heterocycles. The average Bonchev–Trinajstić information content (AvgIpc) is 2.89. The minimum atomic E-state index is -4.51. The fraction of sp³-hybridized carbons (Fsp3) is 0.267. The zero-order valence-corrected chi connectivity index (χ0v) is 12.6. The lowest BCUT2D eigenvalue weighted by atomic mass is 10.3. The Hall–Kier alpha value is -2.09. The summed E-state index contributed by atoms with van der Waals surface area (Å²) >= 11 is 1.14. The van der Waals surface area contributed by atoms with Gasteiger partial charge in [0.05, 0.1) is 5.25 Å². The van der Waals surface area contributed by atoms with Crippen molar-refractivity contribution >= 4 is 23.4 Å². The molecule has 1 aromatic carbocycles. The Bertz CT molecular complexity index is 691. The normalized spacial score (nSPS) is 18.5. The molecule has 0 N–H and O–H groups in total. The molecule has 2 aromatic rings. The van der Waals surface area contributed by atoms with Crippen LogP contribution in [0.3, 0.4) is 0 Å². The third-order valence-electron chi connectivity index (χ3n) is 3.42. The number of benzene rings is 1. The number of thioether (sulfide) groups is 1. The summed E-state index contributed by atoms with van der Waals surface area (Å²) in [6, 6.07) is 11.4. The van der Waals surface area contributed by atoms with E-state index < -0.39 is 11.9 Å². The molecule has 0 spiro atoms. The smallest absolute Gasteiger partial charge is 0.311 e. The van der Waals surface area contributed by atoms with Crippen LogP contribution in [-0.4, -0.2) is 27.9 Å². The van der Waals surface area contributed by atoms with Crippen molar-refractivity contribution in [3.8, 4) is 0 Å². The first-order valence-corrected chi connectivity index (χ1v) is 7.77. The fourth-order valence-electron chi connectivity index (χ4n) is 2.31. The van der Waals surface area contributed by atoms with Gasteiger partial charge in [0.1, 0.15) is 5.03 Å². The quantitative estimate of drug-likeness (QED) is 0.860. The standard InChI is InChI=1S/C15H12F3N3OS/c16-15(17,18)12-6-7-13(20-19-12)23-11-8-9-21(14(11)22)10-4-2-1-3-5-10/h1-7,11H,8-9H2/t11-/m1/s1. The number of hydrogen-bond acceptors (Lipinski definition) is 4. The van der Waals surface area contributed by atoms with E-state index in [4.69, 9.17) is 0 Å². The van der Waals surface area contributed by atoms with Crippen LogP contribution < -0.4 is 4.90 Å². The molecular formula is C15H12F3N3OS. The van der Waals surface area contributed by atoms with Crippen LogP contribution in [0.2, 0.25) is 0 Å². The molecule has 1 atom stereocenters. The van der Waals surface area contributed by atoms with Crippen LogP contribution >= 0.6 is 11.8 Å². The Balaban J connectivity index is 1.69. The van der Waals surface area contributed by atoms with E-state index >= 15 is 0 Å². The number of carbonyl (C=O) groups is 1. The molecule has 120 valence electrons. The number of carbonyl (C=O) groups excluding carboxylic acids is 1. The first-order chi connectivity index (χ1) is 10.9. The van der Waals surface area contributed by atoms with E-state index in [1.807, 2.05) is 30.3 Å². The highest BCUT2D eigenvalue weighted by molar-refractivity contribution is 8.00. The minimum absolute atomic E-state index is 0.0668. The lowest BCUT2D eigenvalue weighted by molar-refractivity contribution is -0.141. The maximum atomic E-state index is 12.5. The van der Waals surface area contributed by atoms with Gasteiger partial charge in [-0.25, -0.2) is 0 Å². The molecule has 1 aliphatic heterocycles. The van der Waals surface area contributed by atoms with Crippen LogP contribution in [0.15, 0.2) is 47.5 Å². The Morgan fingerprint density at radius 2 is 1.83 bits per heavy atom. The van der Waals surface area contributed by atoms with Crippen molar-refractivity contribution in [2.45, 2.75) is 22.9 Å². The maximum absolute atomic E-state index is 12.5. The highest BCUT2D eigenvalue weighted by atomic mass is 32.2. The summed E-state index contributed by atoms with van der Waals surface area (Å²) < 4.78 is 37.4. The zero-order valence-electron chi connectivity index (χ0n) is 11.8. The van der Waals surface area contributed by atoms with Crippen LogP contribution in [0, 0.1) is 0 Å². The molecular weight excluding hydrogens is 327 g/mol. The molecule has 8 heteroatoms. The molecule has 0 saturated carbocycles. The van der Waals surface area contributed by atoms with Crippen LogP contribution in [0.1, 0.15) is 12.1 Å². The second-order valence-electron chi connectivity index (χ2n) is 4.98. The number of nitrogens with zero attached hydrogens (tertiary/aromatic N) is 3. The molecule has 1 aliphatic rings. The number of para-hydroxylation sites is 1. The van der Waals surface area contributed by atoms with E-state index in [1.165, 1.54) is 6.07 Å². The van der Waals surface area contributed by atoms with Crippen molar-refractivity contribution in [2.75, 3.05) is 11.4 Å². The van der Waals surface area contributed by atoms with Crippen molar-refractivity contribution in [3.05, 3.63) is 48.2 Å². The van der Waals surface area contributed by atoms with Crippen LogP contribution in [0.4, 0.5) is 18.9 Å². The zero-order chi connectivity index (χ0) is 16.4. The number of anilines is 1. The monoisotopic (exact) mass is 339 g/mol. The van der Waals surface area contributed by atoms with Gasteiger partial charge in [-0.3, -0.25) is 4.79 Å². The van der Waals surface area contributed by atoms with Crippen LogP contribution in [0.5, 0.6) is 0 Å². The second kappa shape index (κ2) is 6.19. The Morgan fingerprint density at radius 1 is 1.09 bits per heavy atom. The second-order valence-corrected chi connectivity index (χ2v) is 6.20. The molecule has 1 fully saturated rings. The number of rotatable bonds is 3. The number of hydrogen-bond donors (Lipinski definition) is 0. The predicted molar refractivity (Wildman–Crippen MR) is 80.1 cm³/mol. The third kappa shape index (κ3) is 3.47. The highest BCUT2D eigenvalue weighted by Gasteiger charge is 2.35. The van der Waals surface area contributed by atoms with E-state index in [0.29, 0.717) is 18.0 Å². The Morgan fingerprint density at radius 3 is 2.43 bits per heavy atom. The van der Waals surface area contributed by atoms with Crippen molar-refractivity contribution in [1.82, 2.24) is 10.2 Å². The van der Waals surface area contributed by atoms with E-state index in [9.17, 15) is 18.0 Å². The van der Waals surface area contributed by atoms with Gasteiger partial charge in [0.25, 0.3) is 0 Å². The van der Waals surface area contributed by atoms with Crippen molar-refractivity contribution in [1.29, 1.82) is 0 Å². The lowest BCUT2D eigenvalue weighted by Gasteiger charge is -2.16. The first kappa shape index (κ1) is 15.8. The van der Waals surface area contributed by atoms with E-state index in [2.05, 4.69) is 10.2 Å². The summed E-state index contributed by atoms with van der Waals surface area (Å²) in [6.07, 6.45) is -3.90. The Kier molecular flexibility index (Phi) is 4.25. The van der Waals surface area contributed by atoms with Gasteiger partial charge in [-0.2, -0.15) is 13.2 Å². The number of amides is 1. The molecule has 1 amide bonds. The number of alkyl halides is 3. The van der Waals surface area contributed by atoms with Gasteiger partial charge in [-0.05, 0) is 30.7 Å². The predicted octanol–water partition coefficient (Wildman–Crippen LogP) is 3.39. The molecule has 4 nitrogen and oxygen atoms in total. The number of aromatic nitrogens is 2. The van der Waals surface area contributed by atoms with Crippen molar-refractivity contribution in [2.24, 2.45) is 0 Å². The fourth-order valence-corrected chi connectivity index (χ4v) is 3.28. The van der Waals surface area contributed by atoms with Crippen LogP contribution in [-0.2, 0) is 11.0 Å². The van der Waals surface area contributed by atoms with Crippen molar-refractivity contribution < 1.29 is 18.0 Å². The molecule has 0 bridgehead atoms. The molecule has 3 rings (SSSR count). The van der Waals surface area contributed by atoms with Crippen LogP contribution in [0.25, 0.3) is 0 Å². The van der Waals surface area contributed by atoms with E-state index in [1.54, 1.807) is 4.90 Å². The summed E-state index contributed by atoms with van der Waals surface area (Å²) in [5.74, 6) is -0.0668. The molecule has 1 saturated heterocycles. The van der Waals surface area contributed by atoms with Gasteiger partial charge in [-0.1, -0.05) is 30.0 Å². The third-order valence-corrected chi connectivity index (χ3v) is 4.60. The van der Waals surface area contributed by atoms with Gasteiger partial charge >= 0.3 is 6.18 Å². The molecule has 0 radical (unpaired) electrons. The maximum Gasteiger partial charge on any atom is 0.435 e. The highest BCUT2D eigenvalue weighted by Crippen LogP contribution is 2.33. The summed E-state index contributed by atoms with van der Waals surface area (Å²) in [5, 5.41) is 6.69. The average molecular weight is 339 g/mol. The minimum Gasteiger partial charge on any atom is -0.311 e. The SMILES string of the molecule is O=C1[C@H](Sc2ccc(C(F)(F)F)nn2)CCN1c1ccccc1. The molecule has 1 aromatic heterocycles. The largest absolute Gasteiger partial charge is 0.435 e. The van der Waals surface area contributed by atoms with Gasteiger partial charge in [0.15, 0.2) is 5.69 Å². The van der Waals surface area contributed by atoms with E-state index in [-0.39, 0.29) is 11.2 Å². The van der Waals surface area contributed by atoms with Gasteiger partial charge in [0, 0.05) is 12.2 Å². The molecule has 0 unspecified atom stereocenters. The molecule has 0 aliphatic carbocycles. The van der Waals surface area contributed by atoms with Crippen molar-refractivity contribution in [3.63, 3.8) is 0 Å². The topological polar surface area (TPSA) is 46.1 Å². The summed E-state index contributed by atoms with van der Waals surface area (Å²) in [5.41, 5.74) is -0.218. The van der Waals surface area contributed by atoms with Gasteiger partial charge in [0.2, 0.25) is 5.91 Å². The van der Waals surface area contributed by atoms with Gasteiger partial charge < -0.3 is 4.90 Å². The summed E-state index contributed by atoms with van der Waals surface area (Å²) in [6.45, 7) is 0.578. The summed E-state index contributed by atoms with van der Waals surface area (Å²) in [7, 11) is 0. The molecule has 23 heavy (non-hydrogen) atoms. The number of halogens is 3. The Labute approximate surface area is 134 Å². The lowest BCUT2D eigenvalue weighted by Crippen LogP contribution is -2.27. The van der Waals surface area contributed by atoms with Gasteiger partial charge in [-0.15, -0.1) is 10.2 Å².